The highest BCUT2D eigenvalue weighted by Crippen LogP contribution is 2.29. The maximum Gasteiger partial charge on any atom is 0.365 e. The minimum atomic E-state index is -0.417. The van der Waals surface area contributed by atoms with E-state index in [2.05, 4.69) is 5.32 Å². The molecule has 1 amide bonds. The zero-order chi connectivity index (χ0) is 17.8. The summed E-state index contributed by atoms with van der Waals surface area (Å²) in [7, 11) is 3.10. The number of ether oxygens (including phenoxy) is 3. The molecule has 2 fully saturated rings. The van der Waals surface area contributed by atoms with Crippen LogP contribution < -0.4 is 19.7 Å². The molecule has 1 aromatic carbocycles. The number of benzene rings is 1. The van der Waals surface area contributed by atoms with Crippen molar-refractivity contribution in [3.8, 4) is 11.5 Å². The van der Waals surface area contributed by atoms with Gasteiger partial charge in [0.1, 0.15) is 12.6 Å². The number of amides is 1. The first-order valence-corrected chi connectivity index (χ1v) is 8.66. The van der Waals surface area contributed by atoms with E-state index < -0.39 is 6.04 Å². The largest absolute Gasteiger partial charge is 0.493 e. The molecule has 3 rings (SSSR count). The fourth-order valence-corrected chi connectivity index (χ4v) is 3.72. The van der Waals surface area contributed by atoms with Gasteiger partial charge < -0.3 is 24.4 Å². The van der Waals surface area contributed by atoms with Crippen LogP contribution in [0.5, 0.6) is 11.5 Å². The topological polar surface area (TPSA) is 78.3 Å². The summed E-state index contributed by atoms with van der Waals surface area (Å²) < 4.78 is 15.7. The highest BCUT2D eigenvalue weighted by molar-refractivity contribution is 5.94. The second-order valence-corrected chi connectivity index (χ2v) is 6.52. The maximum atomic E-state index is 12.5. The fourth-order valence-electron chi connectivity index (χ4n) is 3.72. The summed E-state index contributed by atoms with van der Waals surface area (Å²) in [5.74, 6) is 0.666. The van der Waals surface area contributed by atoms with E-state index in [4.69, 9.17) is 14.2 Å². The molecular weight excluding hydrogens is 324 g/mol. The molecule has 1 unspecified atom stereocenters. The zero-order valence-electron chi connectivity index (χ0n) is 14.7. The van der Waals surface area contributed by atoms with Crippen molar-refractivity contribution in [3.63, 3.8) is 0 Å². The molecule has 0 aliphatic carbocycles. The van der Waals surface area contributed by atoms with Crippen LogP contribution in [-0.2, 0) is 14.3 Å². The summed E-state index contributed by atoms with van der Waals surface area (Å²) in [5.41, 5.74) is 0.608. The molecule has 2 saturated heterocycles. The molecule has 2 aliphatic rings. The van der Waals surface area contributed by atoms with Crippen molar-refractivity contribution in [2.75, 3.05) is 32.7 Å². The van der Waals surface area contributed by atoms with Gasteiger partial charge in [0.25, 0.3) is 0 Å². The number of hydrogen-bond donors (Lipinski definition) is 2. The third-order valence-corrected chi connectivity index (χ3v) is 5.01. The number of carbonyl (C=O) groups excluding carboxylic acids is 2. The van der Waals surface area contributed by atoms with Crippen molar-refractivity contribution < 1.29 is 28.7 Å². The van der Waals surface area contributed by atoms with Crippen LogP contribution in [0.2, 0.25) is 0 Å². The summed E-state index contributed by atoms with van der Waals surface area (Å²) in [6.07, 6.45) is 3.43. The number of hydrogen-bond acceptors (Lipinski definition) is 5. The highest BCUT2D eigenvalue weighted by Gasteiger charge is 2.43. The lowest BCUT2D eigenvalue weighted by atomic mass is 9.97. The molecule has 3 atom stereocenters. The van der Waals surface area contributed by atoms with Gasteiger partial charge in [0.2, 0.25) is 5.91 Å². The number of methoxy groups -OCH3 is 2. The van der Waals surface area contributed by atoms with Crippen molar-refractivity contribution >= 4 is 17.6 Å². The zero-order valence-corrected chi connectivity index (χ0v) is 14.7. The molecule has 0 saturated carbocycles. The van der Waals surface area contributed by atoms with Crippen LogP contribution in [-0.4, -0.2) is 51.3 Å². The molecule has 2 N–H and O–H groups in total. The van der Waals surface area contributed by atoms with Gasteiger partial charge in [-0.05, 0) is 25.0 Å². The predicted molar refractivity (Wildman–Crippen MR) is 91.0 cm³/mol. The molecule has 0 aromatic heterocycles. The Bertz CT molecular complexity index is 648. The fraction of sp³-hybridized carbons (Fsp3) is 0.556. The lowest BCUT2D eigenvalue weighted by Crippen LogP contribution is -3.22. The van der Waals surface area contributed by atoms with Crippen molar-refractivity contribution in [2.24, 2.45) is 0 Å². The minimum Gasteiger partial charge on any atom is -0.493 e. The van der Waals surface area contributed by atoms with E-state index in [1.165, 1.54) is 4.90 Å². The molecule has 2 heterocycles. The normalized spacial score (nSPS) is 25.5. The Labute approximate surface area is 147 Å². The van der Waals surface area contributed by atoms with Gasteiger partial charge in [-0.2, -0.15) is 0 Å². The molecule has 2 aliphatic heterocycles. The summed E-state index contributed by atoms with van der Waals surface area (Å²) in [4.78, 5) is 25.8. The van der Waals surface area contributed by atoms with Crippen LogP contribution in [0.4, 0.5) is 5.69 Å². The Hall–Kier alpha value is -2.28. The Morgan fingerprint density at radius 3 is 2.84 bits per heavy atom. The van der Waals surface area contributed by atoms with Crippen molar-refractivity contribution in [1.82, 2.24) is 0 Å². The monoisotopic (exact) mass is 349 g/mol. The molecule has 1 aromatic rings. The van der Waals surface area contributed by atoms with Gasteiger partial charge in [0.05, 0.1) is 27.2 Å². The molecule has 136 valence electrons. The molecule has 7 nitrogen and oxygen atoms in total. The van der Waals surface area contributed by atoms with Crippen LogP contribution in [0.15, 0.2) is 18.2 Å². The number of esters is 1. The van der Waals surface area contributed by atoms with Crippen molar-refractivity contribution in [3.05, 3.63) is 18.2 Å². The minimum absolute atomic E-state index is 0.124. The number of fused-ring (bicyclic) bond motifs is 1. The molecule has 7 heteroatoms. The first kappa shape index (κ1) is 17.5. The molecule has 0 spiro atoms. The van der Waals surface area contributed by atoms with Crippen LogP contribution in [0, 0.1) is 0 Å². The Morgan fingerprint density at radius 1 is 1.28 bits per heavy atom. The van der Waals surface area contributed by atoms with Gasteiger partial charge in [-0.15, -0.1) is 0 Å². The van der Waals surface area contributed by atoms with Crippen molar-refractivity contribution in [2.45, 2.75) is 37.8 Å². The predicted octanol–water partition coefficient (Wildman–Crippen LogP) is 0.395. The van der Waals surface area contributed by atoms with Gasteiger partial charge in [-0.1, -0.05) is 0 Å². The smallest absolute Gasteiger partial charge is 0.365 e. The summed E-state index contributed by atoms with van der Waals surface area (Å²) in [6.45, 7) is 1.40. The van der Waals surface area contributed by atoms with Crippen LogP contribution in [0.25, 0.3) is 0 Å². The second kappa shape index (κ2) is 7.74. The summed E-state index contributed by atoms with van der Waals surface area (Å²) in [5, 5.41) is 2.84. The molecule has 0 bridgehead atoms. The molecule has 25 heavy (non-hydrogen) atoms. The number of quaternary nitrogens is 1. The van der Waals surface area contributed by atoms with Crippen LogP contribution in [0.3, 0.4) is 0 Å². The number of morpholine rings is 1. The van der Waals surface area contributed by atoms with Crippen molar-refractivity contribution in [1.29, 1.82) is 0 Å². The quantitative estimate of drug-likeness (QED) is 0.752. The van der Waals surface area contributed by atoms with E-state index >= 15 is 0 Å². The van der Waals surface area contributed by atoms with Gasteiger partial charge in [-0.25, -0.2) is 4.79 Å². The standard InChI is InChI=1S/C18H24N2O5/c1-23-15-7-6-12(9-16(15)24-2)19-17(21)10-14-18(22)25-11-13-5-3-4-8-20(13)14/h6-7,9,13-14H,3-5,8,10-11H2,1-2H3,(H,19,21)/p+1/t13-,14-/m0/s1. The number of cyclic esters (lactones) is 1. The van der Waals surface area contributed by atoms with Gasteiger partial charge in [-0.3, -0.25) is 4.79 Å². The lowest BCUT2D eigenvalue weighted by molar-refractivity contribution is -0.951. The lowest BCUT2D eigenvalue weighted by Gasteiger charge is -2.40. The van der Waals surface area contributed by atoms with Gasteiger partial charge in [0.15, 0.2) is 17.5 Å². The molecular formula is C18H25N2O5+. The summed E-state index contributed by atoms with van der Waals surface area (Å²) >= 11 is 0. The molecule has 0 radical (unpaired) electrons. The Kier molecular flexibility index (Phi) is 5.43. The third kappa shape index (κ3) is 3.87. The van der Waals surface area contributed by atoms with E-state index in [-0.39, 0.29) is 18.3 Å². The number of anilines is 1. The Balaban J connectivity index is 1.66. The number of nitrogens with one attached hydrogen (secondary N) is 2. The van der Waals surface area contributed by atoms with Gasteiger partial charge in [0, 0.05) is 18.2 Å². The number of piperidine rings is 1. The van der Waals surface area contributed by atoms with Gasteiger partial charge >= 0.3 is 5.97 Å². The van der Waals surface area contributed by atoms with Crippen LogP contribution in [0.1, 0.15) is 25.7 Å². The number of carbonyl (C=O) groups is 2. The average Bonchev–Trinajstić information content (AvgIpc) is 2.64. The van der Waals surface area contributed by atoms with E-state index in [9.17, 15) is 9.59 Å². The van der Waals surface area contributed by atoms with E-state index in [0.717, 1.165) is 25.8 Å². The second-order valence-electron chi connectivity index (χ2n) is 6.52. The van der Waals surface area contributed by atoms with E-state index in [0.29, 0.717) is 29.8 Å². The summed E-state index contributed by atoms with van der Waals surface area (Å²) in [6, 6.07) is 5.08. The first-order valence-electron chi connectivity index (χ1n) is 8.66. The van der Waals surface area contributed by atoms with E-state index in [1.54, 1.807) is 32.4 Å². The third-order valence-electron chi connectivity index (χ3n) is 5.01. The average molecular weight is 349 g/mol. The van der Waals surface area contributed by atoms with E-state index in [1.807, 2.05) is 0 Å². The SMILES string of the molecule is COc1ccc(NC(=O)C[C@H]2C(=O)OC[C@@H]3CCCC[NH+]32)cc1OC. The number of rotatable bonds is 5. The first-order chi connectivity index (χ1) is 12.1. The maximum absolute atomic E-state index is 12.5. The Morgan fingerprint density at radius 2 is 2.08 bits per heavy atom. The van der Waals surface area contributed by atoms with Crippen LogP contribution >= 0.6 is 0 Å². The highest BCUT2D eigenvalue weighted by atomic mass is 16.5.